The van der Waals surface area contributed by atoms with Gasteiger partial charge in [-0.05, 0) is 32.9 Å². The third kappa shape index (κ3) is 3.92. The van der Waals surface area contributed by atoms with Gasteiger partial charge in [0.25, 0.3) is 5.91 Å². The molecule has 1 atom stereocenters. The van der Waals surface area contributed by atoms with E-state index in [0.29, 0.717) is 13.1 Å². The van der Waals surface area contributed by atoms with Crippen LogP contribution in [-0.4, -0.2) is 34.9 Å². The summed E-state index contributed by atoms with van der Waals surface area (Å²) in [4.78, 5) is 24.1. The SMILES string of the molecule is CCN(CC)C(=O)C(C)Oc1ccc(C#N)cc1[N+](=O)[O-]. The molecule has 0 aliphatic heterocycles. The lowest BCUT2D eigenvalue weighted by molar-refractivity contribution is -0.386. The molecule has 0 saturated heterocycles. The van der Waals surface area contributed by atoms with Crippen LogP contribution < -0.4 is 4.74 Å². The van der Waals surface area contributed by atoms with E-state index >= 15 is 0 Å². The number of rotatable bonds is 6. The fraction of sp³-hybridized carbons (Fsp3) is 0.429. The zero-order chi connectivity index (χ0) is 16.0. The van der Waals surface area contributed by atoms with Gasteiger partial charge < -0.3 is 9.64 Å². The zero-order valence-corrected chi connectivity index (χ0v) is 12.2. The number of hydrogen-bond donors (Lipinski definition) is 0. The predicted molar refractivity (Wildman–Crippen MR) is 75.8 cm³/mol. The lowest BCUT2D eigenvalue weighted by Crippen LogP contribution is -2.40. The molecule has 0 fully saturated rings. The molecular weight excluding hydrogens is 274 g/mol. The summed E-state index contributed by atoms with van der Waals surface area (Å²) >= 11 is 0. The Morgan fingerprint density at radius 2 is 2.10 bits per heavy atom. The van der Waals surface area contributed by atoms with E-state index in [4.69, 9.17) is 10.00 Å². The van der Waals surface area contributed by atoms with E-state index in [9.17, 15) is 14.9 Å². The first-order chi connectivity index (χ1) is 9.94. The molecule has 1 aromatic rings. The van der Waals surface area contributed by atoms with Gasteiger partial charge in [-0.2, -0.15) is 5.26 Å². The van der Waals surface area contributed by atoms with Gasteiger partial charge in [0.2, 0.25) is 0 Å². The zero-order valence-electron chi connectivity index (χ0n) is 12.2. The number of hydrogen-bond acceptors (Lipinski definition) is 5. The number of likely N-dealkylation sites (N-methyl/N-ethyl adjacent to an activating group) is 1. The Balaban J connectivity index is 3.00. The molecule has 1 rings (SSSR count). The van der Waals surface area contributed by atoms with Gasteiger partial charge in [0, 0.05) is 19.2 Å². The normalized spacial score (nSPS) is 11.3. The van der Waals surface area contributed by atoms with Gasteiger partial charge in [-0.1, -0.05) is 0 Å². The van der Waals surface area contributed by atoms with Gasteiger partial charge in [-0.15, -0.1) is 0 Å². The van der Waals surface area contributed by atoms with Gasteiger partial charge >= 0.3 is 5.69 Å². The van der Waals surface area contributed by atoms with Crippen LogP contribution in [0.4, 0.5) is 5.69 Å². The summed E-state index contributed by atoms with van der Waals surface area (Å²) in [6.07, 6.45) is -0.837. The second-order valence-corrected chi connectivity index (χ2v) is 4.32. The second-order valence-electron chi connectivity index (χ2n) is 4.32. The highest BCUT2D eigenvalue weighted by molar-refractivity contribution is 5.81. The van der Waals surface area contributed by atoms with E-state index in [-0.39, 0.29) is 22.9 Å². The Hall–Kier alpha value is -2.62. The number of amides is 1. The van der Waals surface area contributed by atoms with E-state index < -0.39 is 11.0 Å². The van der Waals surface area contributed by atoms with Crippen molar-refractivity contribution < 1.29 is 14.5 Å². The highest BCUT2D eigenvalue weighted by Crippen LogP contribution is 2.28. The van der Waals surface area contributed by atoms with Crippen molar-refractivity contribution in [1.82, 2.24) is 4.90 Å². The summed E-state index contributed by atoms with van der Waals surface area (Å²) in [7, 11) is 0. The molecule has 0 bridgehead atoms. The van der Waals surface area contributed by atoms with Crippen LogP contribution in [0.1, 0.15) is 26.3 Å². The minimum atomic E-state index is -0.837. The number of carbonyl (C=O) groups excluding carboxylic acids is 1. The molecule has 0 N–H and O–H groups in total. The van der Waals surface area contributed by atoms with E-state index in [2.05, 4.69) is 0 Å². The van der Waals surface area contributed by atoms with Crippen molar-refractivity contribution in [2.75, 3.05) is 13.1 Å². The van der Waals surface area contributed by atoms with Crippen LogP contribution in [0.2, 0.25) is 0 Å². The number of ether oxygens (including phenoxy) is 1. The average Bonchev–Trinajstić information content (AvgIpc) is 2.48. The standard InChI is InChI=1S/C14H17N3O4/c1-4-16(5-2)14(18)10(3)21-13-7-6-11(9-15)8-12(13)17(19)20/h6-8,10H,4-5H2,1-3H3. The topological polar surface area (TPSA) is 96.5 Å². The first kappa shape index (κ1) is 16.4. The molecule has 7 heteroatoms. The molecule has 0 aliphatic carbocycles. The summed E-state index contributed by atoms with van der Waals surface area (Å²) in [6, 6.07) is 5.71. The van der Waals surface area contributed by atoms with Crippen LogP contribution in [-0.2, 0) is 4.79 Å². The molecule has 112 valence electrons. The van der Waals surface area contributed by atoms with Crippen LogP contribution >= 0.6 is 0 Å². The Morgan fingerprint density at radius 1 is 1.48 bits per heavy atom. The fourth-order valence-electron chi connectivity index (χ4n) is 1.86. The monoisotopic (exact) mass is 291 g/mol. The smallest absolute Gasteiger partial charge is 0.312 e. The molecule has 7 nitrogen and oxygen atoms in total. The molecule has 0 radical (unpaired) electrons. The van der Waals surface area contributed by atoms with Crippen molar-refractivity contribution in [3.63, 3.8) is 0 Å². The molecular formula is C14H17N3O4. The van der Waals surface area contributed by atoms with Gasteiger partial charge in [0.05, 0.1) is 16.6 Å². The van der Waals surface area contributed by atoms with Crippen LogP contribution in [0.3, 0.4) is 0 Å². The van der Waals surface area contributed by atoms with E-state index in [0.717, 1.165) is 6.07 Å². The van der Waals surface area contributed by atoms with Crippen molar-refractivity contribution in [2.45, 2.75) is 26.9 Å². The average molecular weight is 291 g/mol. The molecule has 21 heavy (non-hydrogen) atoms. The number of nitro benzene ring substituents is 1. The molecule has 0 heterocycles. The van der Waals surface area contributed by atoms with Gasteiger partial charge in [-0.25, -0.2) is 0 Å². The lowest BCUT2D eigenvalue weighted by Gasteiger charge is -2.23. The third-order valence-corrected chi connectivity index (χ3v) is 3.01. The van der Waals surface area contributed by atoms with E-state index in [1.54, 1.807) is 11.8 Å². The first-order valence-corrected chi connectivity index (χ1v) is 6.58. The largest absolute Gasteiger partial charge is 0.474 e. The van der Waals surface area contributed by atoms with Crippen molar-refractivity contribution in [1.29, 1.82) is 5.26 Å². The quantitative estimate of drug-likeness (QED) is 0.590. The molecule has 0 aromatic heterocycles. The number of nitro groups is 1. The predicted octanol–water partition coefficient (Wildman–Crippen LogP) is 2.10. The summed E-state index contributed by atoms with van der Waals surface area (Å²) in [5.74, 6) is -0.259. The Bertz CT molecular complexity index is 576. The number of benzene rings is 1. The number of nitriles is 1. The summed E-state index contributed by atoms with van der Waals surface area (Å²) in [6.45, 7) is 6.32. The maximum absolute atomic E-state index is 12.1. The van der Waals surface area contributed by atoms with E-state index in [1.807, 2.05) is 19.9 Å². The first-order valence-electron chi connectivity index (χ1n) is 6.58. The molecule has 0 spiro atoms. The van der Waals surface area contributed by atoms with Crippen LogP contribution in [0.5, 0.6) is 5.75 Å². The van der Waals surface area contributed by atoms with Gasteiger partial charge in [0.15, 0.2) is 11.9 Å². The van der Waals surface area contributed by atoms with Crippen molar-refractivity contribution >= 4 is 11.6 Å². The molecule has 0 aliphatic rings. The summed E-state index contributed by atoms with van der Waals surface area (Å²) < 4.78 is 5.41. The van der Waals surface area contributed by atoms with Crippen molar-refractivity contribution in [2.24, 2.45) is 0 Å². The lowest BCUT2D eigenvalue weighted by atomic mass is 10.2. The molecule has 1 amide bonds. The minimum absolute atomic E-state index is 0.0213. The second kappa shape index (κ2) is 7.24. The maximum atomic E-state index is 12.1. The minimum Gasteiger partial charge on any atom is -0.474 e. The highest BCUT2D eigenvalue weighted by atomic mass is 16.6. The Morgan fingerprint density at radius 3 is 2.57 bits per heavy atom. The van der Waals surface area contributed by atoms with Crippen LogP contribution in [0.25, 0.3) is 0 Å². The Labute approximate surface area is 122 Å². The number of nitrogens with zero attached hydrogens (tertiary/aromatic N) is 3. The molecule has 1 aromatic carbocycles. The van der Waals surface area contributed by atoms with Crippen LogP contribution in [0, 0.1) is 21.4 Å². The molecule has 0 saturated carbocycles. The maximum Gasteiger partial charge on any atom is 0.312 e. The Kier molecular flexibility index (Phi) is 5.67. The number of carbonyl (C=O) groups is 1. The van der Waals surface area contributed by atoms with Gasteiger partial charge in [0.1, 0.15) is 0 Å². The van der Waals surface area contributed by atoms with Crippen molar-refractivity contribution in [3.05, 3.63) is 33.9 Å². The van der Waals surface area contributed by atoms with Crippen molar-refractivity contribution in [3.8, 4) is 11.8 Å². The third-order valence-electron chi connectivity index (χ3n) is 3.01. The van der Waals surface area contributed by atoms with Gasteiger partial charge in [-0.3, -0.25) is 14.9 Å². The fourth-order valence-corrected chi connectivity index (χ4v) is 1.86. The van der Waals surface area contributed by atoms with E-state index in [1.165, 1.54) is 12.1 Å². The summed E-state index contributed by atoms with van der Waals surface area (Å²) in [5, 5.41) is 19.8. The highest BCUT2D eigenvalue weighted by Gasteiger charge is 2.24. The summed E-state index contributed by atoms with van der Waals surface area (Å²) in [5.41, 5.74) is -0.162. The van der Waals surface area contributed by atoms with Crippen LogP contribution in [0.15, 0.2) is 18.2 Å². The molecule has 1 unspecified atom stereocenters.